The molecule has 0 fully saturated rings. The van der Waals surface area contributed by atoms with Gasteiger partial charge in [-0.2, -0.15) is 5.10 Å². The predicted octanol–water partition coefficient (Wildman–Crippen LogP) is 5.33. The van der Waals surface area contributed by atoms with Crippen LogP contribution in [0.4, 0.5) is 27.6 Å². The van der Waals surface area contributed by atoms with Crippen molar-refractivity contribution in [3.05, 3.63) is 69.1 Å². The number of aromatic amines is 1. The Morgan fingerprint density at radius 1 is 0.889 bits per heavy atom. The summed E-state index contributed by atoms with van der Waals surface area (Å²) in [6.07, 6.45) is 0. The van der Waals surface area contributed by atoms with E-state index in [1.54, 1.807) is 11.4 Å². The lowest BCUT2D eigenvalue weighted by Gasteiger charge is -2.08. The summed E-state index contributed by atoms with van der Waals surface area (Å²) >= 11 is 11.7. The molecule has 3 rings (SSSR count). The summed E-state index contributed by atoms with van der Waals surface area (Å²) in [5, 5.41) is 8.28. The van der Waals surface area contributed by atoms with Crippen LogP contribution in [0.15, 0.2) is 24.3 Å². The van der Waals surface area contributed by atoms with Crippen LogP contribution in [0, 0.1) is 29.1 Å². The minimum Gasteiger partial charge on any atom is -0.316 e. The normalized spacial score (nSPS) is 10.9. The Morgan fingerprint density at radius 3 is 2.07 bits per heavy atom. The van der Waals surface area contributed by atoms with Crippen LogP contribution in [0.2, 0.25) is 10.0 Å². The molecule has 2 N–H and O–H groups in total. The van der Waals surface area contributed by atoms with E-state index in [4.69, 9.17) is 23.2 Å². The van der Waals surface area contributed by atoms with Crippen molar-refractivity contribution in [1.29, 1.82) is 0 Å². The van der Waals surface area contributed by atoms with E-state index in [-0.39, 0.29) is 16.4 Å². The first kappa shape index (κ1) is 19.1. The fraction of sp³-hybridized carbons (Fsp3) is 0. The van der Waals surface area contributed by atoms with E-state index in [0.717, 1.165) is 0 Å². The number of benzene rings is 2. The molecule has 4 nitrogen and oxygen atoms in total. The van der Waals surface area contributed by atoms with Crippen molar-refractivity contribution in [3.8, 4) is 11.3 Å². The first-order chi connectivity index (χ1) is 12.7. The molecule has 0 saturated carbocycles. The number of carbonyl (C=O) groups excluding carboxylic acids is 1. The summed E-state index contributed by atoms with van der Waals surface area (Å²) in [5.74, 6) is -12.2. The van der Waals surface area contributed by atoms with Gasteiger partial charge in [0.1, 0.15) is 11.4 Å². The van der Waals surface area contributed by atoms with E-state index >= 15 is 0 Å². The summed E-state index contributed by atoms with van der Waals surface area (Å²) < 4.78 is 66.7. The van der Waals surface area contributed by atoms with Gasteiger partial charge in [0.15, 0.2) is 23.3 Å². The molecule has 0 bridgehead atoms. The highest BCUT2D eigenvalue weighted by Gasteiger charge is 2.27. The van der Waals surface area contributed by atoms with Crippen LogP contribution in [0.1, 0.15) is 10.5 Å². The van der Waals surface area contributed by atoms with Crippen molar-refractivity contribution in [1.82, 2.24) is 10.2 Å². The average molecular weight is 422 g/mol. The van der Waals surface area contributed by atoms with E-state index < -0.39 is 40.7 Å². The zero-order valence-electron chi connectivity index (χ0n) is 12.8. The van der Waals surface area contributed by atoms with E-state index in [1.807, 2.05) is 0 Å². The third kappa shape index (κ3) is 3.47. The number of hydrogen-bond acceptors (Lipinski definition) is 2. The molecule has 0 aliphatic carbocycles. The lowest BCUT2D eigenvalue weighted by molar-refractivity contribution is 0.102. The van der Waals surface area contributed by atoms with Crippen molar-refractivity contribution in [2.24, 2.45) is 0 Å². The monoisotopic (exact) mass is 421 g/mol. The summed E-state index contributed by atoms with van der Waals surface area (Å²) in [5.41, 5.74) is -1.06. The number of H-pyrrole nitrogens is 1. The molecule has 2 aromatic carbocycles. The van der Waals surface area contributed by atoms with Gasteiger partial charge in [0.25, 0.3) is 5.91 Å². The van der Waals surface area contributed by atoms with Crippen molar-refractivity contribution in [3.63, 3.8) is 0 Å². The summed E-state index contributed by atoms with van der Waals surface area (Å²) in [6.45, 7) is 0. The predicted molar refractivity (Wildman–Crippen MR) is 88.2 cm³/mol. The van der Waals surface area contributed by atoms with E-state index in [2.05, 4.69) is 10.2 Å². The first-order valence-corrected chi connectivity index (χ1v) is 7.80. The zero-order valence-corrected chi connectivity index (χ0v) is 14.3. The number of nitrogens with zero attached hydrogens (tertiary/aromatic N) is 1. The van der Waals surface area contributed by atoms with Gasteiger partial charge in [0, 0.05) is 5.56 Å². The van der Waals surface area contributed by atoms with Crippen molar-refractivity contribution in [2.75, 3.05) is 5.32 Å². The maximum Gasteiger partial charge on any atom is 0.273 e. The van der Waals surface area contributed by atoms with Crippen molar-refractivity contribution >= 4 is 34.8 Å². The van der Waals surface area contributed by atoms with Gasteiger partial charge in [0.05, 0.1) is 15.7 Å². The molecule has 27 heavy (non-hydrogen) atoms. The third-order valence-electron chi connectivity index (χ3n) is 3.49. The molecule has 3 aromatic rings. The minimum atomic E-state index is -2.33. The Morgan fingerprint density at radius 2 is 1.48 bits per heavy atom. The number of aromatic nitrogens is 2. The Bertz CT molecular complexity index is 1040. The zero-order chi connectivity index (χ0) is 19.9. The number of anilines is 1. The maximum absolute atomic E-state index is 13.6. The molecular formula is C16H6Cl2F5N3O. The molecular weight excluding hydrogens is 416 g/mol. The minimum absolute atomic E-state index is 0.226. The van der Waals surface area contributed by atoms with Crippen LogP contribution < -0.4 is 5.32 Å². The molecule has 1 aromatic heterocycles. The Labute approximate surface area is 157 Å². The van der Waals surface area contributed by atoms with E-state index in [9.17, 15) is 26.7 Å². The summed E-state index contributed by atoms with van der Waals surface area (Å²) in [4.78, 5) is 12.1. The van der Waals surface area contributed by atoms with Crippen LogP contribution in [-0.4, -0.2) is 16.1 Å². The third-order valence-corrected chi connectivity index (χ3v) is 4.23. The van der Waals surface area contributed by atoms with Gasteiger partial charge in [-0.1, -0.05) is 29.3 Å². The molecule has 1 heterocycles. The molecule has 1 amide bonds. The molecule has 11 heteroatoms. The Balaban J connectivity index is 1.91. The van der Waals surface area contributed by atoms with E-state index in [0.29, 0.717) is 10.6 Å². The summed E-state index contributed by atoms with van der Waals surface area (Å²) in [7, 11) is 0. The fourth-order valence-corrected chi connectivity index (χ4v) is 2.43. The molecule has 0 aliphatic rings. The number of amides is 1. The second-order valence-corrected chi connectivity index (χ2v) is 6.01. The molecule has 0 spiro atoms. The van der Waals surface area contributed by atoms with Gasteiger partial charge >= 0.3 is 0 Å². The topological polar surface area (TPSA) is 57.8 Å². The number of carbonyl (C=O) groups is 1. The van der Waals surface area contributed by atoms with Crippen LogP contribution >= 0.6 is 23.2 Å². The standard InChI is InChI=1S/C16H6Cl2F5N3O/c17-6-2-1-5(3-7(6)18)8-4-9(26-25-8)16(27)24-15-13(22)11(20)10(19)12(21)14(15)23/h1-4H,(H,24,27)(H,25,26). The molecule has 0 unspecified atom stereocenters. The van der Waals surface area contributed by atoms with Crippen LogP contribution in [-0.2, 0) is 0 Å². The molecule has 140 valence electrons. The highest BCUT2D eigenvalue weighted by Crippen LogP contribution is 2.29. The second-order valence-electron chi connectivity index (χ2n) is 5.19. The quantitative estimate of drug-likeness (QED) is 0.341. The lowest BCUT2D eigenvalue weighted by Crippen LogP contribution is -2.17. The van der Waals surface area contributed by atoms with Gasteiger partial charge in [0.2, 0.25) is 5.82 Å². The highest BCUT2D eigenvalue weighted by atomic mass is 35.5. The molecule has 0 radical (unpaired) electrons. The number of rotatable bonds is 3. The Kier molecular flexibility index (Phi) is 5.07. The maximum atomic E-state index is 13.6. The van der Waals surface area contributed by atoms with Gasteiger partial charge in [-0.15, -0.1) is 0 Å². The fourth-order valence-electron chi connectivity index (χ4n) is 2.14. The highest BCUT2D eigenvalue weighted by molar-refractivity contribution is 6.42. The van der Waals surface area contributed by atoms with Gasteiger partial charge in [-0.05, 0) is 18.2 Å². The van der Waals surface area contributed by atoms with Crippen LogP contribution in [0.25, 0.3) is 11.3 Å². The number of halogens is 7. The smallest absolute Gasteiger partial charge is 0.273 e. The van der Waals surface area contributed by atoms with Gasteiger partial charge in [-0.25, -0.2) is 22.0 Å². The number of hydrogen-bond donors (Lipinski definition) is 2. The average Bonchev–Trinajstić information content (AvgIpc) is 3.14. The largest absolute Gasteiger partial charge is 0.316 e. The van der Waals surface area contributed by atoms with Crippen LogP contribution in [0.3, 0.4) is 0 Å². The summed E-state index contributed by atoms with van der Waals surface area (Å²) in [6, 6.07) is 5.70. The second kappa shape index (κ2) is 7.16. The molecule has 0 atom stereocenters. The van der Waals surface area contributed by atoms with Crippen LogP contribution in [0.5, 0.6) is 0 Å². The molecule has 0 aliphatic heterocycles. The van der Waals surface area contributed by atoms with Gasteiger partial charge in [-0.3, -0.25) is 9.89 Å². The van der Waals surface area contributed by atoms with Gasteiger partial charge < -0.3 is 5.32 Å². The Hall–Kier alpha value is -2.65. The SMILES string of the molecule is O=C(Nc1c(F)c(F)c(F)c(F)c1F)c1cc(-c2ccc(Cl)c(Cl)c2)n[nH]1. The van der Waals surface area contributed by atoms with Crippen molar-refractivity contribution < 1.29 is 26.7 Å². The lowest BCUT2D eigenvalue weighted by atomic mass is 10.1. The first-order valence-electron chi connectivity index (χ1n) is 7.04. The van der Waals surface area contributed by atoms with E-state index in [1.165, 1.54) is 18.2 Å². The number of nitrogens with one attached hydrogen (secondary N) is 2. The van der Waals surface area contributed by atoms with Crippen molar-refractivity contribution in [2.45, 2.75) is 0 Å². The molecule has 0 saturated heterocycles.